The highest BCUT2D eigenvalue weighted by molar-refractivity contribution is 9.10. The Balaban J connectivity index is 2.36. The van der Waals surface area contributed by atoms with Gasteiger partial charge in [-0.25, -0.2) is 18.0 Å². The van der Waals surface area contributed by atoms with Gasteiger partial charge in [-0.2, -0.15) is 0 Å². The number of halogens is 4. The summed E-state index contributed by atoms with van der Waals surface area (Å²) in [6.07, 6.45) is 0. The quantitative estimate of drug-likeness (QED) is 0.522. The first-order valence-corrected chi connectivity index (χ1v) is 8.65. The van der Waals surface area contributed by atoms with E-state index in [4.69, 9.17) is 0 Å². The van der Waals surface area contributed by atoms with Gasteiger partial charge in [0.2, 0.25) is 0 Å². The summed E-state index contributed by atoms with van der Waals surface area (Å²) in [6.45, 7) is 5.37. The number of aromatic nitrogens is 1. The van der Waals surface area contributed by atoms with Gasteiger partial charge in [0.25, 0.3) is 0 Å². The van der Waals surface area contributed by atoms with Crippen LogP contribution < -0.4 is 5.32 Å². The van der Waals surface area contributed by atoms with Crippen LogP contribution in [-0.4, -0.2) is 16.1 Å². The summed E-state index contributed by atoms with van der Waals surface area (Å²) in [5.74, 6) is -2.06. The summed E-state index contributed by atoms with van der Waals surface area (Å²) in [5, 5.41) is 2.99. The number of carbonyl (C=O) groups is 1. The Hall–Kier alpha value is -2.28. The molecule has 0 unspecified atom stereocenters. The fraction of sp³-hybridized carbons (Fsp3) is 0.211. The lowest BCUT2D eigenvalue weighted by molar-refractivity contribution is 0.234. The van der Waals surface area contributed by atoms with Crippen LogP contribution in [0.4, 0.5) is 18.0 Å². The van der Waals surface area contributed by atoms with Crippen LogP contribution in [0.1, 0.15) is 20.8 Å². The molecule has 1 N–H and O–H groups in total. The third-order valence-corrected chi connectivity index (χ3v) is 4.53. The second kappa shape index (κ2) is 6.46. The summed E-state index contributed by atoms with van der Waals surface area (Å²) in [7, 11) is 0. The molecule has 0 spiro atoms. The molecule has 0 aliphatic rings. The Morgan fingerprint density at radius 1 is 1.04 bits per heavy atom. The highest BCUT2D eigenvalue weighted by Gasteiger charge is 2.26. The van der Waals surface area contributed by atoms with Crippen molar-refractivity contribution >= 4 is 32.9 Å². The van der Waals surface area contributed by atoms with E-state index in [-0.39, 0.29) is 10.9 Å². The van der Waals surface area contributed by atoms with Crippen molar-refractivity contribution in [2.75, 3.05) is 0 Å². The number of benzene rings is 2. The number of rotatable bonds is 1. The smallest absolute Gasteiger partial charge is 0.327 e. The number of hydrogen-bond acceptors (Lipinski definition) is 1. The molecule has 0 fully saturated rings. The summed E-state index contributed by atoms with van der Waals surface area (Å²) in [6, 6.07) is 6.73. The van der Waals surface area contributed by atoms with Gasteiger partial charge in [0.05, 0.1) is 15.7 Å². The first-order chi connectivity index (χ1) is 12.1. The molecule has 3 nitrogen and oxygen atoms in total. The minimum Gasteiger partial charge on any atom is -0.333 e. The Labute approximate surface area is 156 Å². The molecule has 2 aromatic carbocycles. The largest absolute Gasteiger partial charge is 0.333 e. The third-order valence-electron chi connectivity index (χ3n) is 3.72. The molecule has 0 aliphatic carbocycles. The zero-order chi connectivity index (χ0) is 19.2. The maximum Gasteiger partial charge on any atom is 0.327 e. The molecule has 1 heterocycles. The van der Waals surface area contributed by atoms with Crippen molar-refractivity contribution < 1.29 is 18.0 Å². The number of nitrogens with zero attached hydrogens (tertiary/aromatic N) is 1. The van der Waals surface area contributed by atoms with Gasteiger partial charge < -0.3 is 5.32 Å². The molecule has 7 heteroatoms. The van der Waals surface area contributed by atoms with Crippen LogP contribution in [0.25, 0.3) is 22.2 Å². The Bertz CT molecular complexity index is 1000. The minimum absolute atomic E-state index is 0.0562. The average Bonchev–Trinajstić information content (AvgIpc) is 2.80. The van der Waals surface area contributed by atoms with Gasteiger partial charge in [0, 0.05) is 22.6 Å². The van der Waals surface area contributed by atoms with Gasteiger partial charge in [-0.15, -0.1) is 0 Å². The van der Waals surface area contributed by atoms with Gasteiger partial charge >= 0.3 is 6.03 Å². The zero-order valence-corrected chi connectivity index (χ0v) is 15.9. The van der Waals surface area contributed by atoms with E-state index in [1.54, 1.807) is 20.8 Å². The summed E-state index contributed by atoms with van der Waals surface area (Å²) in [4.78, 5) is 12.9. The molecule has 26 heavy (non-hydrogen) atoms. The number of hydrogen-bond donors (Lipinski definition) is 1. The lowest BCUT2D eigenvalue weighted by Crippen LogP contribution is -2.43. The molecule has 0 bridgehead atoms. The molecule has 3 aromatic rings. The molecule has 3 rings (SSSR count). The number of carbonyl (C=O) groups excluding carboxylic acids is 1. The Morgan fingerprint density at radius 2 is 1.65 bits per heavy atom. The molecule has 0 aliphatic heterocycles. The van der Waals surface area contributed by atoms with Crippen molar-refractivity contribution in [3.05, 3.63) is 58.3 Å². The average molecular weight is 425 g/mol. The molecule has 1 amide bonds. The summed E-state index contributed by atoms with van der Waals surface area (Å²) in [5.41, 5.74) is 0.167. The van der Waals surface area contributed by atoms with Crippen molar-refractivity contribution in [1.82, 2.24) is 9.88 Å². The number of fused-ring (bicyclic) bond motifs is 1. The van der Waals surface area contributed by atoms with Crippen LogP contribution in [0.2, 0.25) is 0 Å². The van der Waals surface area contributed by atoms with E-state index in [9.17, 15) is 18.0 Å². The van der Waals surface area contributed by atoms with E-state index in [2.05, 4.69) is 21.2 Å². The van der Waals surface area contributed by atoms with Crippen molar-refractivity contribution in [2.45, 2.75) is 26.3 Å². The van der Waals surface area contributed by atoms with Gasteiger partial charge in [0.15, 0.2) is 5.82 Å². The second-order valence-electron chi connectivity index (χ2n) is 6.97. The van der Waals surface area contributed by atoms with Gasteiger partial charge in [-0.05, 0) is 67.0 Å². The fourth-order valence-corrected chi connectivity index (χ4v) is 3.45. The minimum atomic E-state index is -0.863. The van der Waals surface area contributed by atoms with Crippen molar-refractivity contribution in [3.8, 4) is 11.3 Å². The topological polar surface area (TPSA) is 34.0 Å². The third kappa shape index (κ3) is 3.35. The maximum atomic E-state index is 14.6. The molecular formula is C19H16BrF3N2O. The van der Waals surface area contributed by atoms with Crippen LogP contribution in [0.15, 0.2) is 40.9 Å². The lowest BCUT2D eigenvalue weighted by atomic mass is 10.1. The normalized spacial score (nSPS) is 11.8. The Morgan fingerprint density at radius 3 is 2.23 bits per heavy atom. The second-order valence-corrected chi connectivity index (χ2v) is 7.76. The highest BCUT2D eigenvalue weighted by Crippen LogP contribution is 2.39. The van der Waals surface area contributed by atoms with Crippen LogP contribution in [0.3, 0.4) is 0 Å². The van der Waals surface area contributed by atoms with Crippen LogP contribution >= 0.6 is 15.9 Å². The molecule has 0 saturated heterocycles. The maximum absolute atomic E-state index is 14.6. The highest BCUT2D eigenvalue weighted by atomic mass is 79.9. The molecule has 0 radical (unpaired) electrons. The van der Waals surface area contributed by atoms with E-state index < -0.39 is 29.0 Å². The van der Waals surface area contributed by atoms with Crippen LogP contribution in [0.5, 0.6) is 0 Å². The SMILES string of the molecule is CC(C)(C)NC(=O)n1c(-c2ccc(F)cc2)c(Br)c2cc(F)cc(F)c21. The van der Waals surface area contributed by atoms with Gasteiger partial charge in [-0.3, -0.25) is 4.57 Å². The van der Waals surface area contributed by atoms with E-state index in [1.807, 2.05) is 0 Å². The number of amides is 1. The van der Waals surface area contributed by atoms with Crippen molar-refractivity contribution in [3.63, 3.8) is 0 Å². The van der Waals surface area contributed by atoms with Crippen LogP contribution in [0, 0.1) is 17.5 Å². The molecular weight excluding hydrogens is 409 g/mol. The predicted molar refractivity (Wildman–Crippen MR) is 98.6 cm³/mol. The van der Waals surface area contributed by atoms with E-state index in [0.717, 1.165) is 16.7 Å². The van der Waals surface area contributed by atoms with E-state index in [1.165, 1.54) is 24.3 Å². The lowest BCUT2D eigenvalue weighted by Gasteiger charge is -2.22. The Kier molecular flexibility index (Phi) is 4.60. The van der Waals surface area contributed by atoms with Crippen molar-refractivity contribution in [2.24, 2.45) is 0 Å². The monoisotopic (exact) mass is 424 g/mol. The molecule has 0 atom stereocenters. The predicted octanol–water partition coefficient (Wildman–Crippen LogP) is 5.84. The van der Waals surface area contributed by atoms with Gasteiger partial charge in [0.1, 0.15) is 11.6 Å². The molecule has 136 valence electrons. The summed E-state index contributed by atoms with van der Waals surface area (Å²) < 4.78 is 43.1. The van der Waals surface area contributed by atoms with Gasteiger partial charge in [-0.1, -0.05) is 0 Å². The first-order valence-electron chi connectivity index (χ1n) is 7.86. The molecule has 1 aromatic heterocycles. The number of nitrogens with one attached hydrogen (secondary N) is 1. The first kappa shape index (κ1) is 18.5. The zero-order valence-electron chi connectivity index (χ0n) is 14.3. The fourth-order valence-electron chi connectivity index (χ4n) is 2.74. The standard InChI is InChI=1S/C19H16BrF3N2O/c1-19(2,3)24-18(26)25-16(10-4-6-11(21)7-5-10)15(20)13-8-12(22)9-14(23)17(13)25/h4-9H,1-3H3,(H,24,26). The van der Waals surface area contributed by atoms with E-state index >= 15 is 0 Å². The molecule has 0 saturated carbocycles. The van der Waals surface area contributed by atoms with Crippen molar-refractivity contribution in [1.29, 1.82) is 0 Å². The summed E-state index contributed by atoms with van der Waals surface area (Å²) >= 11 is 3.35. The van der Waals surface area contributed by atoms with E-state index in [0.29, 0.717) is 15.7 Å². The van der Waals surface area contributed by atoms with Crippen LogP contribution in [-0.2, 0) is 0 Å².